The van der Waals surface area contributed by atoms with Gasteiger partial charge in [-0.05, 0) is 6.92 Å². The van der Waals surface area contributed by atoms with Gasteiger partial charge in [-0.15, -0.1) is 0 Å². The number of aliphatic imine (C=N–C) groups is 1. The summed E-state index contributed by atoms with van der Waals surface area (Å²) >= 11 is 0. The molecular weight excluding hydrogens is 174 g/mol. The molecule has 0 aliphatic rings. The predicted molar refractivity (Wildman–Crippen MR) is 49.3 cm³/mol. The van der Waals surface area contributed by atoms with Crippen LogP contribution in [-0.2, 0) is 0 Å². The third-order valence-electron chi connectivity index (χ3n) is 1.63. The van der Waals surface area contributed by atoms with Crippen molar-refractivity contribution in [1.82, 2.24) is 5.32 Å². The lowest BCUT2D eigenvalue weighted by atomic mass is 10.0. The van der Waals surface area contributed by atoms with Gasteiger partial charge in [-0.3, -0.25) is 4.99 Å². The van der Waals surface area contributed by atoms with E-state index < -0.39 is 25.4 Å². The summed E-state index contributed by atoms with van der Waals surface area (Å²) in [6.45, 7) is 1.05. The van der Waals surface area contributed by atoms with Crippen LogP contribution in [-0.4, -0.2) is 53.2 Å². The number of aliphatic hydroxyl groups is 3. The smallest absolute Gasteiger partial charge is 0.189 e. The van der Waals surface area contributed by atoms with Gasteiger partial charge in [-0.25, -0.2) is 0 Å². The Kier molecular flexibility index (Phi) is 5.36. The molecule has 0 radical (unpaired) electrons. The van der Waals surface area contributed by atoms with Gasteiger partial charge in [0.2, 0.25) is 0 Å². The number of rotatable bonds is 5. The Morgan fingerprint density at radius 3 is 2.08 bits per heavy atom. The molecular formula is C7H17N3O3. The summed E-state index contributed by atoms with van der Waals surface area (Å²) in [6.07, 6.45) is 0. The first-order valence-corrected chi connectivity index (χ1v) is 4.04. The van der Waals surface area contributed by atoms with Crippen LogP contribution >= 0.6 is 0 Å². The van der Waals surface area contributed by atoms with Gasteiger partial charge in [0.05, 0.1) is 19.8 Å². The van der Waals surface area contributed by atoms with Crippen molar-refractivity contribution in [3.8, 4) is 0 Å². The average Bonchev–Trinajstić information content (AvgIpc) is 2.15. The van der Waals surface area contributed by atoms with Gasteiger partial charge in [0.1, 0.15) is 5.54 Å². The summed E-state index contributed by atoms with van der Waals surface area (Å²) in [5, 5.41) is 29.3. The van der Waals surface area contributed by atoms with E-state index >= 15 is 0 Å². The van der Waals surface area contributed by atoms with Crippen molar-refractivity contribution in [1.29, 1.82) is 0 Å². The Balaban J connectivity index is 4.32. The molecule has 0 heterocycles. The molecule has 0 saturated heterocycles. The summed E-state index contributed by atoms with van der Waals surface area (Å²) in [4.78, 5) is 3.80. The lowest BCUT2D eigenvalue weighted by Crippen LogP contribution is -2.59. The minimum atomic E-state index is -1.19. The van der Waals surface area contributed by atoms with Crippen LogP contribution in [0.1, 0.15) is 6.92 Å². The maximum absolute atomic E-state index is 8.90. The molecule has 0 unspecified atom stereocenters. The Morgan fingerprint density at radius 1 is 1.31 bits per heavy atom. The summed E-state index contributed by atoms with van der Waals surface area (Å²) in [6, 6.07) is 0. The lowest BCUT2D eigenvalue weighted by Gasteiger charge is -2.28. The molecule has 0 atom stereocenters. The molecule has 13 heavy (non-hydrogen) atoms. The zero-order valence-electron chi connectivity index (χ0n) is 7.69. The molecule has 0 aliphatic carbocycles. The average molecular weight is 191 g/mol. The molecule has 6 heteroatoms. The molecule has 0 aromatic carbocycles. The molecule has 0 amide bonds. The van der Waals surface area contributed by atoms with E-state index in [1.807, 2.05) is 0 Å². The molecule has 6 nitrogen and oxygen atoms in total. The van der Waals surface area contributed by atoms with E-state index in [9.17, 15) is 0 Å². The Hall–Kier alpha value is -0.850. The van der Waals surface area contributed by atoms with Gasteiger partial charge in [0.25, 0.3) is 0 Å². The van der Waals surface area contributed by atoms with Crippen molar-refractivity contribution in [2.45, 2.75) is 12.5 Å². The summed E-state index contributed by atoms with van der Waals surface area (Å²) in [7, 11) is 0. The van der Waals surface area contributed by atoms with E-state index in [0.29, 0.717) is 6.54 Å². The van der Waals surface area contributed by atoms with Crippen LogP contribution in [0.4, 0.5) is 0 Å². The summed E-state index contributed by atoms with van der Waals surface area (Å²) in [5.41, 5.74) is 4.21. The lowest BCUT2D eigenvalue weighted by molar-refractivity contribution is 0.0556. The number of hydrogen-bond acceptors (Lipinski definition) is 4. The molecule has 0 rings (SSSR count). The maximum Gasteiger partial charge on any atom is 0.189 e. The predicted octanol–water partition coefficient (Wildman–Crippen LogP) is -2.37. The highest BCUT2D eigenvalue weighted by Gasteiger charge is 2.28. The first-order valence-electron chi connectivity index (χ1n) is 4.04. The normalized spacial score (nSPS) is 13.1. The molecule has 0 bridgehead atoms. The Labute approximate surface area is 77.1 Å². The van der Waals surface area contributed by atoms with Gasteiger partial charge in [0.15, 0.2) is 5.96 Å². The number of aliphatic hydroxyl groups excluding tert-OH is 3. The zero-order valence-corrected chi connectivity index (χ0v) is 7.69. The fourth-order valence-electron chi connectivity index (χ4n) is 0.750. The van der Waals surface area contributed by atoms with E-state index in [1.165, 1.54) is 0 Å². The second-order valence-electron chi connectivity index (χ2n) is 2.74. The molecule has 0 aromatic rings. The van der Waals surface area contributed by atoms with Crippen molar-refractivity contribution < 1.29 is 15.3 Å². The Morgan fingerprint density at radius 2 is 1.77 bits per heavy atom. The number of nitrogens with zero attached hydrogens (tertiary/aromatic N) is 1. The fourth-order valence-corrected chi connectivity index (χ4v) is 0.750. The molecule has 0 fully saturated rings. The molecule has 0 aliphatic heterocycles. The van der Waals surface area contributed by atoms with Gasteiger partial charge in [-0.1, -0.05) is 0 Å². The monoisotopic (exact) mass is 191 g/mol. The molecule has 0 aromatic heterocycles. The highest BCUT2D eigenvalue weighted by atomic mass is 16.3. The maximum atomic E-state index is 8.90. The van der Waals surface area contributed by atoms with E-state index in [2.05, 4.69) is 10.3 Å². The second kappa shape index (κ2) is 5.74. The minimum Gasteiger partial charge on any atom is -0.394 e. The van der Waals surface area contributed by atoms with Crippen LogP contribution < -0.4 is 11.1 Å². The molecule has 0 saturated carbocycles. The fraction of sp³-hybridized carbons (Fsp3) is 0.857. The van der Waals surface area contributed by atoms with E-state index in [4.69, 9.17) is 21.1 Å². The largest absolute Gasteiger partial charge is 0.394 e. The van der Waals surface area contributed by atoms with Crippen LogP contribution in [0.5, 0.6) is 0 Å². The quantitative estimate of drug-likeness (QED) is 0.246. The van der Waals surface area contributed by atoms with Crippen LogP contribution in [0.15, 0.2) is 4.99 Å². The molecule has 6 N–H and O–H groups in total. The zero-order chi connectivity index (χ0) is 10.3. The molecule has 0 spiro atoms. The topological polar surface area (TPSA) is 111 Å². The standard InChI is InChI=1S/C7H17N3O3/c1-2-9-6(8)10-7(3-11,4-12)5-13/h11-13H,2-5H2,1H3,(H3,8,9,10). The molecule has 78 valence electrons. The van der Waals surface area contributed by atoms with E-state index in [0.717, 1.165) is 0 Å². The highest BCUT2D eigenvalue weighted by Crippen LogP contribution is 2.00. The van der Waals surface area contributed by atoms with E-state index in [1.54, 1.807) is 6.92 Å². The minimum absolute atomic E-state index is 0.0969. The number of hydrogen-bond donors (Lipinski definition) is 5. The van der Waals surface area contributed by atoms with Crippen molar-refractivity contribution >= 4 is 5.96 Å². The Bertz CT molecular complexity index is 160. The van der Waals surface area contributed by atoms with Crippen molar-refractivity contribution in [2.24, 2.45) is 10.7 Å². The van der Waals surface area contributed by atoms with Crippen molar-refractivity contribution in [2.75, 3.05) is 26.4 Å². The van der Waals surface area contributed by atoms with Crippen LogP contribution in [0.2, 0.25) is 0 Å². The summed E-state index contributed by atoms with van der Waals surface area (Å²) < 4.78 is 0. The number of nitrogens with two attached hydrogens (primary N) is 1. The number of nitrogens with one attached hydrogen (secondary N) is 1. The SMILES string of the molecule is CCN=C(N)NC(CO)(CO)CO. The second-order valence-corrected chi connectivity index (χ2v) is 2.74. The van der Waals surface area contributed by atoms with Crippen LogP contribution in [0, 0.1) is 0 Å². The van der Waals surface area contributed by atoms with Crippen LogP contribution in [0.25, 0.3) is 0 Å². The van der Waals surface area contributed by atoms with Crippen molar-refractivity contribution in [3.05, 3.63) is 0 Å². The van der Waals surface area contributed by atoms with Gasteiger partial charge in [-0.2, -0.15) is 0 Å². The van der Waals surface area contributed by atoms with Gasteiger partial charge < -0.3 is 26.4 Å². The van der Waals surface area contributed by atoms with Gasteiger partial charge in [0, 0.05) is 6.54 Å². The number of guanidine groups is 1. The van der Waals surface area contributed by atoms with Crippen molar-refractivity contribution in [3.63, 3.8) is 0 Å². The van der Waals surface area contributed by atoms with Gasteiger partial charge >= 0.3 is 0 Å². The van der Waals surface area contributed by atoms with E-state index in [-0.39, 0.29) is 5.96 Å². The third-order valence-corrected chi connectivity index (χ3v) is 1.63. The first-order chi connectivity index (χ1) is 6.14. The van der Waals surface area contributed by atoms with Crippen LogP contribution in [0.3, 0.4) is 0 Å². The summed E-state index contributed by atoms with van der Waals surface area (Å²) in [5.74, 6) is 0.0969. The third kappa shape index (κ3) is 3.58. The highest BCUT2D eigenvalue weighted by molar-refractivity contribution is 5.78. The first kappa shape index (κ1) is 12.2.